The second-order valence-corrected chi connectivity index (χ2v) is 7.20. The van der Waals surface area contributed by atoms with Crippen LogP contribution in [0.1, 0.15) is 31.2 Å². The Labute approximate surface area is 152 Å². The highest BCUT2D eigenvalue weighted by Crippen LogP contribution is 2.35. The molecule has 3 nitrogen and oxygen atoms in total. The number of aliphatic hydroxyl groups is 1. The maximum atomic E-state index is 13.4. The van der Waals surface area contributed by atoms with E-state index in [0.29, 0.717) is 11.6 Å². The van der Waals surface area contributed by atoms with Crippen LogP contribution in [0.5, 0.6) is 0 Å². The predicted octanol–water partition coefficient (Wildman–Crippen LogP) is 4.13. The third-order valence-corrected chi connectivity index (χ3v) is 5.43. The summed E-state index contributed by atoms with van der Waals surface area (Å²) in [7, 11) is 0. The van der Waals surface area contributed by atoms with E-state index >= 15 is 0 Å². The SMILES string of the molecule is OC1(c2ccc(F)cc2)CN(c2ccc(Cl)cc2)C2=[N+]1CCCCC2. The van der Waals surface area contributed by atoms with Gasteiger partial charge in [0.15, 0.2) is 6.54 Å². The van der Waals surface area contributed by atoms with Crippen molar-refractivity contribution in [1.82, 2.24) is 0 Å². The molecule has 2 aliphatic heterocycles. The van der Waals surface area contributed by atoms with Gasteiger partial charge in [0, 0.05) is 17.0 Å². The van der Waals surface area contributed by atoms with Crippen LogP contribution in [0.15, 0.2) is 48.5 Å². The Kier molecular flexibility index (Phi) is 4.26. The molecule has 0 fully saturated rings. The molecule has 1 atom stereocenters. The van der Waals surface area contributed by atoms with Gasteiger partial charge < -0.3 is 5.11 Å². The van der Waals surface area contributed by atoms with Gasteiger partial charge in [-0.2, -0.15) is 0 Å². The third-order valence-electron chi connectivity index (χ3n) is 5.18. The quantitative estimate of drug-likeness (QED) is 0.816. The van der Waals surface area contributed by atoms with Gasteiger partial charge in [-0.1, -0.05) is 11.6 Å². The molecule has 1 N–H and O–H groups in total. The molecule has 0 spiro atoms. The summed E-state index contributed by atoms with van der Waals surface area (Å²) in [6.07, 6.45) is 4.22. The molecular formula is C20H21ClFN2O+. The van der Waals surface area contributed by atoms with Crippen molar-refractivity contribution in [1.29, 1.82) is 0 Å². The monoisotopic (exact) mass is 359 g/mol. The first-order valence-electron chi connectivity index (χ1n) is 8.73. The summed E-state index contributed by atoms with van der Waals surface area (Å²) >= 11 is 6.03. The molecule has 2 aromatic carbocycles. The van der Waals surface area contributed by atoms with Crippen LogP contribution in [0.4, 0.5) is 10.1 Å². The van der Waals surface area contributed by atoms with Crippen molar-refractivity contribution in [2.24, 2.45) is 0 Å². The Morgan fingerprint density at radius 2 is 1.72 bits per heavy atom. The highest BCUT2D eigenvalue weighted by molar-refractivity contribution is 6.30. The average molecular weight is 360 g/mol. The maximum Gasteiger partial charge on any atom is 0.271 e. The molecule has 0 radical (unpaired) electrons. The molecule has 0 aromatic heterocycles. The molecule has 0 amide bonds. The van der Waals surface area contributed by atoms with Gasteiger partial charge in [-0.25, -0.2) is 13.9 Å². The van der Waals surface area contributed by atoms with Crippen molar-refractivity contribution >= 4 is 23.1 Å². The van der Waals surface area contributed by atoms with Crippen LogP contribution in [-0.4, -0.2) is 28.6 Å². The predicted molar refractivity (Wildman–Crippen MR) is 97.7 cm³/mol. The molecule has 5 heteroatoms. The maximum absolute atomic E-state index is 13.4. The van der Waals surface area contributed by atoms with Gasteiger partial charge in [-0.3, -0.25) is 0 Å². The lowest BCUT2D eigenvalue weighted by molar-refractivity contribution is -0.658. The Hall–Kier alpha value is -1.91. The number of β-amino-alcohol motifs (C(OH)–C–C–N with tert-alkyl or cyclic N) is 1. The normalized spacial score (nSPS) is 23.6. The number of hydrogen-bond acceptors (Lipinski definition) is 2. The van der Waals surface area contributed by atoms with E-state index in [1.165, 1.54) is 12.1 Å². The van der Waals surface area contributed by atoms with Gasteiger partial charge in [0.2, 0.25) is 0 Å². The van der Waals surface area contributed by atoms with Crippen molar-refractivity contribution in [2.45, 2.75) is 31.4 Å². The fourth-order valence-electron chi connectivity index (χ4n) is 3.90. The van der Waals surface area contributed by atoms with E-state index in [4.69, 9.17) is 11.6 Å². The van der Waals surface area contributed by atoms with E-state index in [1.54, 1.807) is 12.1 Å². The molecule has 0 bridgehead atoms. The molecule has 0 saturated carbocycles. The van der Waals surface area contributed by atoms with Crippen molar-refractivity contribution in [3.8, 4) is 0 Å². The van der Waals surface area contributed by atoms with Gasteiger partial charge in [0.1, 0.15) is 11.5 Å². The Bertz CT molecular complexity index is 803. The molecule has 2 heterocycles. The van der Waals surface area contributed by atoms with Crippen LogP contribution in [0, 0.1) is 5.82 Å². The van der Waals surface area contributed by atoms with Crippen molar-refractivity contribution in [2.75, 3.05) is 18.0 Å². The van der Waals surface area contributed by atoms with Crippen LogP contribution in [0.25, 0.3) is 0 Å². The minimum absolute atomic E-state index is 0.292. The standard InChI is InChI=1S/C20H21ClFN2O/c21-16-7-11-18(12-8-16)23-14-20(25,15-5-9-17(22)10-6-15)24-13-3-1-2-4-19(23)24/h5-12,25H,1-4,13-14H2/q+1. The van der Waals surface area contributed by atoms with Crippen molar-refractivity contribution in [3.05, 3.63) is 64.9 Å². The first-order valence-corrected chi connectivity index (χ1v) is 9.11. The van der Waals surface area contributed by atoms with Crippen LogP contribution in [0.2, 0.25) is 5.02 Å². The summed E-state index contributed by atoms with van der Waals surface area (Å²) in [5.74, 6) is 0.839. The van der Waals surface area contributed by atoms with E-state index in [9.17, 15) is 9.50 Å². The summed E-state index contributed by atoms with van der Waals surface area (Å²) in [4.78, 5) is 2.17. The number of rotatable bonds is 2. The summed E-state index contributed by atoms with van der Waals surface area (Å²) < 4.78 is 15.5. The van der Waals surface area contributed by atoms with Crippen LogP contribution in [0.3, 0.4) is 0 Å². The molecule has 0 saturated heterocycles. The van der Waals surface area contributed by atoms with Crippen LogP contribution in [-0.2, 0) is 5.72 Å². The van der Waals surface area contributed by atoms with Crippen molar-refractivity contribution < 1.29 is 14.1 Å². The van der Waals surface area contributed by atoms with E-state index in [0.717, 1.165) is 49.3 Å². The summed E-state index contributed by atoms with van der Waals surface area (Å²) in [5.41, 5.74) is 0.599. The Balaban J connectivity index is 1.79. The number of nitrogens with zero attached hydrogens (tertiary/aromatic N) is 2. The van der Waals surface area contributed by atoms with Gasteiger partial charge in [-0.15, -0.1) is 0 Å². The second-order valence-electron chi connectivity index (χ2n) is 6.76. The van der Waals surface area contributed by atoms with Crippen LogP contribution < -0.4 is 4.90 Å². The highest BCUT2D eigenvalue weighted by atomic mass is 35.5. The smallest absolute Gasteiger partial charge is 0.271 e. The minimum Gasteiger partial charge on any atom is -0.346 e. The van der Waals surface area contributed by atoms with Gasteiger partial charge in [0.25, 0.3) is 11.6 Å². The fourth-order valence-corrected chi connectivity index (χ4v) is 4.02. The molecule has 130 valence electrons. The third kappa shape index (κ3) is 2.94. The van der Waals surface area contributed by atoms with E-state index in [2.05, 4.69) is 9.48 Å². The summed E-state index contributed by atoms with van der Waals surface area (Å²) in [6.45, 7) is 1.23. The Morgan fingerprint density at radius 1 is 1.00 bits per heavy atom. The number of benzene rings is 2. The lowest BCUT2D eigenvalue weighted by Gasteiger charge is -2.23. The first kappa shape index (κ1) is 16.6. The zero-order valence-corrected chi connectivity index (χ0v) is 14.7. The molecule has 4 rings (SSSR count). The molecule has 2 aromatic rings. The Morgan fingerprint density at radius 3 is 2.44 bits per heavy atom. The molecular weight excluding hydrogens is 339 g/mol. The first-order chi connectivity index (χ1) is 12.1. The number of halogens is 2. The van der Waals surface area contributed by atoms with E-state index in [-0.39, 0.29) is 5.82 Å². The minimum atomic E-state index is -1.15. The lowest BCUT2D eigenvalue weighted by Crippen LogP contribution is -2.41. The summed E-state index contributed by atoms with van der Waals surface area (Å²) in [5, 5.41) is 12.3. The molecule has 0 aliphatic carbocycles. The van der Waals surface area contributed by atoms with Gasteiger partial charge in [-0.05, 0) is 67.8 Å². The van der Waals surface area contributed by atoms with E-state index in [1.807, 2.05) is 24.3 Å². The van der Waals surface area contributed by atoms with E-state index < -0.39 is 5.72 Å². The fraction of sp³-hybridized carbons (Fsp3) is 0.350. The zero-order chi connectivity index (χ0) is 17.4. The topological polar surface area (TPSA) is 26.5 Å². The average Bonchev–Trinajstić information content (AvgIpc) is 2.78. The molecule has 2 aliphatic rings. The second kappa shape index (κ2) is 6.43. The van der Waals surface area contributed by atoms with Gasteiger partial charge >= 0.3 is 0 Å². The number of anilines is 1. The number of hydrogen-bond donors (Lipinski definition) is 1. The number of amidine groups is 1. The lowest BCUT2D eigenvalue weighted by atomic mass is 10.0. The molecule has 1 unspecified atom stereocenters. The van der Waals surface area contributed by atoms with Gasteiger partial charge in [0.05, 0.1) is 6.54 Å². The summed E-state index contributed by atoms with van der Waals surface area (Å²) in [6, 6.07) is 13.9. The van der Waals surface area contributed by atoms with Crippen LogP contribution >= 0.6 is 11.6 Å². The zero-order valence-electron chi connectivity index (χ0n) is 14.0. The largest absolute Gasteiger partial charge is 0.346 e. The molecule has 25 heavy (non-hydrogen) atoms. The highest BCUT2D eigenvalue weighted by Gasteiger charge is 2.51. The van der Waals surface area contributed by atoms with Crippen molar-refractivity contribution in [3.63, 3.8) is 0 Å².